The van der Waals surface area contributed by atoms with Gasteiger partial charge in [0.2, 0.25) is 5.91 Å². The monoisotopic (exact) mass is 454 g/mol. The van der Waals surface area contributed by atoms with E-state index in [1.165, 1.54) is 0 Å². The highest BCUT2D eigenvalue weighted by atomic mass is 16.5. The van der Waals surface area contributed by atoms with Gasteiger partial charge in [0, 0.05) is 18.9 Å². The molecule has 2 amide bonds. The molecule has 0 heterocycles. The van der Waals surface area contributed by atoms with Crippen LogP contribution in [0.3, 0.4) is 0 Å². The Bertz CT molecular complexity index is 960. The average molecular weight is 455 g/mol. The third kappa shape index (κ3) is 6.10. The first-order chi connectivity index (χ1) is 15.8. The zero-order valence-corrected chi connectivity index (χ0v) is 18.8. The van der Waals surface area contributed by atoms with Gasteiger partial charge in [-0.05, 0) is 34.6 Å². The summed E-state index contributed by atoms with van der Waals surface area (Å²) >= 11 is 0. The van der Waals surface area contributed by atoms with Crippen LogP contribution in [-0.2, 0) is 14.3 Å². The molecule has 8 nitrogen and oxygen atoms in total. The molecule has 2 aromatic rings. The summed E-state index contributed by atoms with van der Waals surface area (Å²) in [5.41, 5.74) is 4.45. The van der Waals surface area contributed by atoms with E-state index in [-0.39, 0.29) is 31.4 Å². The van der Waals surface area contributed by atoms with Crippen molar-refractivity contribution in [1.29, 1.82) is 0 Å². The smallest absolute Gasteiger partial charge is 0.407 e. The van der Waals surface area contributed by atoms with Gasteiger partial charge in [-0.2, -0.15) is 0 Å². The number of aliphatic hydroxyl groups is 1. The maximum atomic E-state index is 12.6. The van der Waals surface area contributed by atoms with E-state index in [1.54, 1.807) is 0 Å². The molecule has 0 unspecified atom stereocenters. The van der Waals surface area contributed by atoms with Gasteiger partial charge >= 0.3 is 12.1 Å². The van der Waals surface area contributed by atoms with Gasteiger partial charge in [-0.25, -0.2) is 9.59 Å². The fourth-order valence-corrected chi connectivity index (χ4v) is 4.06. The second kappa shape index (κ2) is 11.0. The van der Waals surface area contributed by atoms with Crippen molar-refractivity contribution >= 4 is 18.0 Å². The molecule has 0 saturated carbocycles. The predicted molar refractivity (Wildman–Crippen MR) is 123 cm³/mol. The maximum Gasteiger partial charge on any atom is 0.407 e. The lowest BCUT2D eigenvalue weighted by molar-refractivity contribution is -0.147. The topological polar surface area (TPSA) is 125 Å². The number of hydrogen-bond acceptors (Lipinski definition) is 5. The number of aliphatic carboxylic acids is 1. The van der Waals surface area contributed by atoms with Gasteiger partial charge in [0.15, 0.2) is 6.10 Å². The number of aliphatic hydroxyl groups excluding tert-OH is 1. The highest BCUT2D eigenvalue weighted by Crippen LogP contribution is 2.44. The number of nitrogens with one attached hydrogen (secondary N) is 2. The molecule has 0 aromatic heterocycles. The van der Waals surface area contributed by atoms with Crippen LogP contribution in [0.4, 0.5) is 4.79 Å². The Labute approximate surface area is 193 Å². The minimum absolute atomic E-state index is 0.0206. The van der Waals surface area contributed by atoms with Crippen molar-refractivity contribution in [3.05, 3.63) is 59.7 Å². The highest BCUT2D eigenvalue weighted by Gasteiger charge is 2.30. The Morgan fingerprint density at radius 3 is 2.12 bits per heavy atom. The Morgan fingerprint density at radius 1 is 1.00 bits per heavy atom. The highest BCUT2D eigenvalue weighted by molar-refractivity contribution is 5.85. The predicted octanol–water partition coefficient (Wildman–Crippen LogP) is 2.89. The minimum Gasteiger partial charge on any atom is -0.479 e. The summed E-state index contributed by atoms with van der Waals surface area (Å²) in [6.07, 6.45) is -1.98. The van der Waals surface area contributed by atoms with Crippen molar-refractivity contribution in [3.8, 4) is 11.1 Å². The van der Waals surface area contributed by atoms with Crippen LogP contribution in [0.25, 0.3) is 11.1 Å². The van der Waals surface area contributed by atoms with E-state index in [9.17, 15) is 19.5 Å². The van der Waals surface area contributed by atoms with Gasteiger partial charge in [0.05, 0.1) is 0 Å². The van der Waals surface area contributed by atoms with E-state index in [0.717, 1.165) is 22.3 Å². The molecule has 1 aliphatic carbocycles. The molecule has 2 aromatic carbocycles. The van der Waals surface area contributed by atoms with Crippen molar-refractivity contribution < 1.29 is 29.3 Å². The first kappa shape index (κ1) is 24.3. The third-order valence-electron chi connectivity index (χ3n) is 5.66. The van der Waals surface area contributed by atoms with Gasteiger partial charge < -0.3 is 25.6 Å². The summed E-state index contributed by atoms with van der Waals surface area (Å²) < 4.78 is 5.53. The van der Waals surface area contributed by atoms with E-state index in [0.29, 0.717) is 6.42 Å². The molecule has 0 fully saturated rings. The molecular weight excluding hydrogens is 424 g/mol. The van der Waals surface area contributed by atoms with Crippen LogP contribution in [0.2, 0.25) is 0 Å². The lowest BCUT2D eigenvalue weighted by Crippen LogP contribution is -2.48. The van der Waals surface area contributed by atoms with E-state index >= 15 is 0 Å². The van der Waals surface area contributed by atoms with Gasteiger partial charge in [-0.3, -0.25) is 4.79 Å². The van der Waals surface area contributed by atoms with Crippen molar-refractivity contribution in [2.75, 3.05) is 13.2 Å². The summed E-state index contributed by atoms with van der Waals surface area (Å²) in [5, 5.41) is 23.3. The molecule has 0 saturated heterocycles. The van der Waals surface area contributed by atoms with Crippen LogP contribution in [0, 0.1) is 5.92 Å². The van der Waals surface area contributed by atoms with E-state index < -0.39 is 30.1 Å². The zero-order chi connectivity index (χ0) is 24.0. The van der Waals surface area contributed by atoms with Crippen LogP contribution in [0.15, 0.2) is 48.5 Å². The summed E-state index contributed by atoms with van der Waals surface area (Å²) in [5.74, 6) is -1.76. The quantitative estimate of drug-likeness (QED) is 0.438. The SMILES string of the molecule is CC(C)C[C@H](NC(=O)OCC1c2ccccc2-c2ccccc21)C(=O)NCC[C@H](O)C(=O)O. The molecule has 4 N–H and O–H groups in total. The number of carboxylic acids is 1. The normalized spacial score (nSPS) is 14.2. The molecule has 0 bridgehead atoms. The molecule has 1 aliphatic rings. The number of benzene rings is 2. The van der Waals surface area contributed by atoms with Crippen LogP contribution < -0.4 is 10.6 Å². The molecule has 176 valence electrons. The van der Waals surface area contributed by atoms with E-state index in [1.807, 2.05) is 50.2 Å². The molecule has 3 rings (SSSR count). The van der Waals surface area contributed by atoms with E-state index in [4.69, 9.17) is 9.84 Å². The number of amides is 2. The van der Waals surface area contributed by atoms with Crippen LogP contribution in [0.1, 0.15) is 43.7 Å². The summed E-state index contributed by atoms with van der Waals surface area (Å²) in [6, 6.07) is 15.2. The summed E-state index contributed by atoms with van der Waals surface area (Å²) in [7, 11) is 0. The lowest BCUT2D eigenvalue weighted by Gasteiger charge is -2.21. The molecule has 0 radical (unpaired) electrons. The number of carboxylic acid groups (broad SMARTS) is 1. The Hall–Kier alpha value is -3.39. The number of alkyl carbamates (subject to hydrolysis) is 1. The van der Waals surface area contributed by atoms with Crippen molar-refractivity contribution in [3.63, 3.8) is 0 Å². The largest absolute Gasteiger partial charge is 0.479 e. The first-order valence-electron chi connectivity index (χ1n) is 11.1. The first-order valence-corrected chi connectivity index (χ1v) is 11.1. The van der Waals surface area contributed by atoms with Crippen LogP contribution in [-0.4, -0.2) is 53.5 Å². The third-order valence-corrected chi connectivity index (χ3v) is 5.66. The Balaban J connectivity index is 1.59. The second-order valence-corrected chi connectivity index (χ2v) is 8.59. The number of hydrogen-bond donors (Lipinski definition) is 4. The van der Waals surface area contributed by atoms with Gasteiger partial charge in [-0.15, -0.1) is 0 Å². The number of carbonyl (C=O) groups excluding carboxylic acids is 2. The van der Waals surface area contributed by atoms with Crippen LogP contribution in [0.5, 0.6) is 0 Å². The second-order valence-electron chi connectivity index (χ2n) is 8.59. The van der Waals surface area contributed by atoms with Gasteiger partial charge in [-0.1, -0.05) is 62.4 Å². The van der Waals surface area contributed by atoms with Gasteiger partial charge in [0.25, 0.3) is 0 Å². The fraction of sp³-hybridized carbons (Fsp3) is 0.400. The Morgan fingerprint density at radius 2 is 1.58 bits per heavy atom. The van der Waals surface area contributed by atoms with Gasteiger partial charge in [0.1, 0.15) is 12.6 Å². The van der Waals surface area contributed by atoms with Crippen molar-refractivity contribution in [1.82, 2.24) is 10.6 Å². The number of fused-ring (bicyclic) bond motifs is 3. The number of ether oxygens (including phenoxy) is 1. The molecule has 2 atom stereocenters. The molecule has 0 spiro atoms. The maximum absolute atomic E-state index is 12.6. The van der Waals surface area contributed by atoms with Crippen molar-refractivity contribution in [2.24, 2.45) is 5.92 Å². The number of carbonyl (C=O) groups is 3. The number of rotatable bonds is 10. The van der Waals surface area contributed by atoms with Crippen LogP contribution >= 0.6 is 0 Å². The standard InChI is InChI=1S/C25H30N2O6/c1-15(2)13-21(23(29)26-12-11-22(28)24(30)31)27-25(32)33-14-20-18-9-5-3-7-16(18)17-8-4-6-10-19(17)20/h3-10,15,20-22,28H,11-14H2,1-2H3,(H,26,29)(H,27,32)(H,30,31)/t21-,22-/m0/s1. The average Bonchev–Trinajstić information content (AvgIpc) is 3.10. The molecule has 0 aliphatic heterocycles. The summed E-state index contributed by atoms with van der Waals surface area (Å²) in [6.45, 7) is 3.97. The molecule has 33 heavy (non-hydrogen) atoms. The fourth-order valence-electron chi connectivity index (χ4n) is 4.06. The Kier molecular flexibility index (Phi) is 8.06. The summed E-state index contributed by atoms with van der Waals surface area (Å²) in [4.78, 5) is 35.8. The minimum atomic E-state index is -1.55. The lowest BCUT2D eigenvalue weighted by atomic mass is 9.98. The molecular formula is C25H30N2O6. The van der Waals surface area contributed by atoms with Crippen molar-refractivity contribution in [2.45, 2.75) is 44.8 Å². The molecule has 8 heteroatoms. The zero-order valence-electron chi connectivity index (χ0n) is 18.8. The van der Waals surface area contributed by atoms with E-state index in [2.05, 4.69) is 22.8 Å².